The van der Waals surface area contributed by atoms with Gasteiger partial charge in [-0.2, -0.15) is 0 Å². The summed E-state index contributed by atoms with van der Waals surface area (Å²) in [4.78, 5) is 53.9. The van der Waals surface area contributed by atoms with Crippen molar-refractivity contribution in [1.29, 1.82) is 0 Å². The quantitative estimate of drug-likeness (QED) is 0.652. The van der Waals surface area contributed by atoms with Gasteiger partial charge < -0.3 is 15.2 Å². The van der Waals surface area contributed by atoms with Crippen molar-refractivity contribution < 1.29 is 9.59 Å². The highest BCUT2D eigenvalue weighted by molar-refractivity contribution is 5.95. The summed E-state index contributed by atoms with van der Waals surface area (Å²) < 4.78 is 0. The number of nitrogens with one attached hydrogen (secondary N) is 3. The molecule has 1 aliphatic heterocycles. The van der Waals surface area contributed by atoms with Crippen LogP contribution in [0.2, 0.25) is 0 Å². The van der Waals surface area contributed by atoms with Gasteiger partial charge in [0.2, 0.25) is 5.91 Å². The van der Waals surface area contributed by atoms with Crippen LogP contribution in [0.4, 0.5) is 0 Å². The Labute approximate surface area is 155 Å². The maximum absolute atomic E-state index is 12.4. The van der Waals surface area contributed by atoms with Crippen molar-refractivity contribution in [3.05, 3.63) is 56.4 Å². The maximum atomic E-state index is 12.4. The first-order valence-electron chi connectivity index (χ1n) is 8.95. The van der Waals surface area contributed by atoms with Crippen molar-refractivity contribution in [1.82, 2.24) is 20.2 Å². The van der Waals surface area contributed by atoms with Gasteiger partial charge in [0, 0.05) is 37.3 Å². The molecule has 2 aromatic rings. The Bertz CT molecular complexity index is 976. The number of carbonyl (C=O) groups is 2. The molecule has 2 amide bonds. The Balaban J connectivity index is 1.65. The van der Waals surface area contributed by atoms with Gasteiger partial charge in [-0.05, 0) is 37.5 Å². The Morgan fingerprint density at radius 1 is 1.22 bits per heavy atom. The lowest BCUT2D eigenvalue weighted by atomic mass is 10.0. The molecule has 27 heavy (non-hydrogen) atoms. The third-order valence-corrected chi connectivity index (χ3v) is 4.61. The highest BCUT2D eigenvalue weighted by atomic mass is 16.2. The molecule has 2 heterocycles. The third-order valence-electron chi connectivity index (χ3n) is 4.61. The van der Waals surface area contributed by atoms with Crippen molar-refractivity contribution in [3.8, 4) is 11.1 Å². The fourth-order valence-electron chi connectivity index (χ4n) is 3.28. The van der Waals surface area contributed by atoms with E-state index in [1.54, 1.807) is 31.2 Å². The van der Waals surface area contributed by atoms with Crippen LogP contribution >= 0.6 is 0 Å². The molecule has 1 fully saturated rings. The fraction of sp³-hybridized carbons (Fsp3) is 0.368. The first-order chi connectivity index (χ1) is 13.0. The van der Waals surface area contributed by atoms with Crippen LogP contribution in [0, 0.1) is 6.92 Å². The molecule has 8 nitrogen and oxygen atoms in total. The predicted molar refractivity (Wildman–Crippen MR) is 101 cm³/mol. The second-order valence-electron chi connectivity index (χ2n) is 6.58. The van der Waals surface area contributed by atoms with Gasteiger partial charge in [-0.3, -0.25) is 19.4 Å². The summed E-state index contributed by atoms with van der Waals surface area (Å²) in [7, 11) is 0. The van der Waals surface area contributed by atoms with Gasteiger partial charge in [-0.25, -0.2) is 4.79 Å². The van der Waals surface area contributed by atoms with Crippen LogP contribution in [0.25, 0.3) is 11.1 Å². The molecule has 8 heteroatoms. The molecule has 0 aliphatic carbocycles. The van der Waals surface area contributed by atoms with Gasteiger partial charge in [0.25, 0.3) is 11.5 Å². The van der Waals surface area contributed by atoms with Crippen molar-refractivity contribution >= 4 is 11.8 Å². The molecular weight excluding hydrogens is 348 g/mol. The lowest BCUT2D eigenvalue weighted by Gasteiger charge is -2.15. The summed E-state index contributed by atoms with van der Waals surface area (Å²) in [5.41, 5.74) is 0.694. The molecule has 0 radical (unpaired) electrons. The van der Waals surface area contributed by atoms with Crippen molar-refractivity contribution in [2.24, 2.45) is 0 Å². The van der Waals surface area contributed by atoms with E-state index in [4.69, 9.17) is 0 Å². The zero-order valence-corrected chi connectivity index (χ0v) is 15.1. The van der Waals surface area contributed by atoms with Crippen molar-refractivity contribution in [2.45, 2.75) is 26.2 Å². The summed E-state index contributed by atoms with van der Waals surface area (Å²) >= 11 is 0. The van der Waals surface area contributed by atoms with Crippen LogP contribution in [0.3, 0.4) is 0 Å². The molecular formula is C19H22N4O4. The Kier molecular flexibility index (Phi) is 5.54. The lowest BCUT2D eigenvalue weighted by molar-refractivity contribution is -0.127. The lowest BCUT2D eigenvalue weighted by Crippen LogP contribution is -2.30. The molecule has 1 saturated heterocycles. The van der Waals surface area contributed by atoms with Crippen LogP contribution in [0.15, 0.2) is 33.9 Å². The summed E-state index contributed by atoms with van der Waals surface area (Å²) in [6.45, 7) is 3.54. The van der Waals surface area contributed by atoms with Gasteiger partial charge in [-0.1, -0.05) is 12.1 Å². The summed E-state index contributed by atoms with van der Waals surface area (Å²) in [5.74, 6) is -0.0707. The smallest absolute Gasteiger partial charge is 0.325 e. The molecule has 3 rings (SSSR count). The standard InChI is InChI=1S/C19H22N4O4/c1-12-16(18(26)22-19(27)21-12)13-5-2-6-14(11-13)17(25)20-8-4-10-23-9-3-7-15(23)24/h2,5-6,11H,3-4,7-10H2,1H3,(H,20,25)(H2,21,22,26,27). The molecule has 3 N–H and O–H groups in total. The number of hydrogen-bond acceptors (Lipinski definition) is 4. The first-order valence-corrected chi connectivity index (χ1v) is 8.95. The van der Waals surface area contributed by atoms with Crippen molar-refractivity contribution in [3.63, 3.8) is 0 Å². The number of H-pyrrole nitrogens is 2. The van der Waals surface area contributed by atoms with Crippen LogP contribution < -0.4 is 16.6 Å². The molecule has 1 aromatic heterocycles. The minimum Gasteiger partial charge on any atom is -0.352 e. The van der Waals surface area contributed by atoms with Gasteiger partial charge in [-0.15, -0.1) is 0 Å². The number of aryl methyl sites for hydroxylation is 1. The number of hydrogen-bond donors (Lipinski definition) is 3. The predicted octanol–water partition coefficient (Wildman–Crippen LogP) is 0.781. The molecule has 0 saturated carbocycles. The van der Waals surface area contributed by atoms with E-state index in [1.807, 2.05) is 4.90 Å². The summed E-state index contributed by atoms with van der Waals surface area (Å²) in [6.07, 6.45) is 2.21. The summed E-state index contributed by atoms with van der Waals surface area (Å²) in [5, 5.41) is 2.83. The van der Waals surface area contributed by atoms with E-state index in [-0.39, 0.29) is 11.8 Å². The number of carbonyl (C=O) groups excluding carboxylic acids is 2. The number of rotatable bonds is 6. The molecule has 1 aromatic carbocycles. The van der Waals surface area contributed by atoms with E-state index in [0.717, 1.165) is 13.0 Å². The largest absolute Gasteiger partial charge is 0.352 e. The fourth-order valence-corrected chi connectivity index (χ4v) is 3.28. The minimum absolute atomic E-state index is 0.176. The van der Waals surface area contributed by atoms with E-state index < -0.39 is 11.2 Å². The maximum Gasteiger partial charge on any atom is 0.325 e. The van der Waals surface area contributed by atoms with Gasteiger partial charge in [0.15, 0.2) is 0 Å². The Hall–Kier alpha value is -3.16. The van der Waals surface area contributed by atoms with Gasteiger partial charge in [0.05, 0.1) is 5.56 Å². The number of aromatic nitrogens is 2. The minimum atomic E-state index is -0.563. The average molecular weight is 370 g/mol. The summed E-state index contributed by atoms with van der Waals surface area (Å²) in [6, 6.07) is 6.69. The van der Waals surface area contributed by atoms with Gasteiger partial charge >= 0.3 is 5.69 Å². The van der Waals surface area contributed by atoms with E-state index in [0.29, 0.717) is 48.3 Å². The SMILES string of the molecule is Cc1[nH]c(=O)[nH]c(=O)c1-c1cccc(C(=O)NCCCN2CCCC2=O)c1. The number of aromatic amines is 2. The van der Waals surface area contributed by atoms with Crippen LogP contribution in [-0.4, -0.2) is 46.3 Å². The van der Waals surface area contributed by atoms with Crippen LogP contribution in [0.5, 0.6) is 0 Å². The molecule has 142 valence electrons. The molecule has 0 bridgehead atoms. The number of nitrogens with zero attached hydrogens (tertiary/aromatic N) is 1. The highest BCUT2D eigenvalue weighted by Gasteiger charge is 2.19. The average Bonchev–Trinajstić information content (AvgIpc) is 3.03. The number of likely N-dealkylation sites (tertiary alicyclic amines) is 1. The van der Waals surface area contributed by atoms with Crippen LogP contribution in [-0.2, 0) is 4.79 Å². The molecule has 0 spiro atoms. The first kappa shape index (κ1) is 18.6. The Morgan fingerprint density at radius 3 is 2.74 bits per heavy atom. The molecule has 1 aliphatic rings. The highest BCUT2D eigenvalue weighted by Crippen LogP contribution is 2.18. The molecule has 0 atom stereocenters. The Morgan fingerprint density at radius 2 is 2.04 bits per heavy atom. The van der Waals surface area contributed by atoms with E-state index in [1.165, 1.54) is 0 Å². The zero-order chi connectivity index (χ0) is 19.4. The second-order valence-corrected chi connectivity index (χ2v) is 6.58. The second kappa shape index (κ2) is 8.03. The topological polar surface area (TPSA) is 115 Å². The molecule has 0 unspecified atom stereocenters. The van der Waals surface area contributed by atoms with Gasteiger partial charge in [0.1, 0.15) is 0 Å². The monoisotopic (exact) mass is 370 g/mol. The van der Waals surface area contributed by atoms with Crippen molar-refractivity contribution in [2.75, 3.05) is 19.6 Å². The van der Waals surface area contributed by atoms with E-state index in [9.17, 15) is 19.2 Å². The van der Waals surface area contributed by atoms with E-state index >= 15 is 0 Å². The third kappa shape index (κ3) is 4.33. The normalized spacial score (nSPS) is 13.8. The number of benzene rings is 1. The van der Waals surface area contributed by atoms with Crippen LogP contribution in [0.1, 0.15) is 35.3 Å². The number of amides is 2. The zero-order valence-electron chi connectivity index (χ0n) is 15.1. The van der Waals surface area contributed by atoms with E-state index in [2.05, 4.69) is 15.3 Å².